The Kier molecular flexibility index (Phi) is 44.3. The zero-order chi connectivity index (χ0) is 45.7. The van der Waals surface area contributed by atoms with Gasteiger partial charge >= 0.3 is 5.97 Å². The van der Waals surface area contributed by atoms with Gasteiger partial charge in [0.2, 0.25) is 0 Å². The van der Waals surface area contributed by atoms with Gasteiger partial charge in [-0.15, -0.1) is 0 Å². The summed E-state index contributed by atoms with van der Waals surface area (Å²) in [6, 6.07) is 0. The zero-order valence-electron chi connectivity index (χ0n) is 41.6. The van der Waals surface area contributed by atoms with Crippen LogP contribution in [0.2, 0.25) is 0 Å². The van der Waals surface area contributed by atoms with E-state index in [4.69, 9.17) is 18.9 Å². The minimum atomic E-state index is -1.53. The van der Waals surface area contributed by atoms with Crippen LogP contribution in [0.15, 0.2) is 0 Å². The molecule has 0 spiro atoms. The molecule has 1 aliphatic rings. The Balaban J connectivity index is 2.13. The Morgan fingerprint density at radius 1 is 0.444 bits per heavy atom. The molecule has 0 aromatic rings. The van der Waals surface area contributed by atoms with E-state index >= 15 is 0 Å². The summed E-state index contributed by atoms with van der Waals surface area (Å²) in [6.45, 7) is 4.64. The van der Waals surface area contributed by atoms with E-state index in [0.29, 0.717) is 13.0 Å². The van der Waals surface area contributed by atoms with E-state index in [-0.39, 0.29) is 19.2 Å². The molecule has 0 aromatic heterocycles. The summed E-state index contributed by atoms with van der Waals surface area (Å²) < 4.78 is 22.9. The molecule has 9 heteroatoms. The van der Waals surface area contributed by atoms with Crippen molar-refractivity contribution in [2.24, 2.45) is 0 Å². The highest BCUT2D eigenvalue weighted by molar-refractivity contribution is 5.69. The first-order valence-electron chi connectivity index (χ1n) is 27.6. The van der Waals surface area contributed by atoms with Crippen LogP contribution in [-0.2, 0) is 23.7 Å². The number of esters is 1. The van der Waals surface area contributed by atoms with Gasteiger partial charge in [-0.25, -0.2) is 0 Å². The van der Waals surface area contributed by atoms with Crippen molar-refractivity contribution in [2.45, 2.75) is 314 Å². The second kappa shape index (κ2) is 46.3. The molecule has 0 saturated carbocycles. The fourth-order valence-corrected chi connectivity index (χ4v) is 8.97. The van der Waals surface area contributed by atoms with E-state index in [0.717, 1.165) is 32.1 Å². The topological polar surface area (TPSA) is 135 Å². The van der Waals surface area contributed by atoms with E-state index in [1.165, 1.54) is 225 Å². The summed E-state index contributed by atoms with van der Waals surface area (Å²) in [7, 11) is 0. The Morgan fingerprint density at radius 2 is 0.778 bits per heavy atom. The number of hydrogen-bond acceptors (Lipinski definition) is 9. The third kappa shape index (κ3) is 36.9. The minimum Gasteiger partial charge on any atom is -0.457 e. The van der Waals surface area contributed by atoms with Crippen molar-refractivity contribution in [1.82, 2.24) is 0 Å². The van der Waals surface area contributed by atoms with Crippen molar-refractivity contribution >= 4 is 5.97 Å². The fraction of sp³-hybridized carbons (Fsp3) is 0.981. The van der Waals surface area contributed by atoms with E-state index in [2.05, 4.69) is 13.8 Å². The Bertz CT molecular complexity index is 935. The van der Waals surface area contributed by atoms with Gasteiger partial charge in [0, 0.05) is 13.0 Å². The van der Waals surface area contributed by atoms with Gasteiger partial charge in [0.15, 0.2) is 6.29 Å². The summed E-state index contributed by atoms with van der Waals surface area (Å²) in [6.07, 6.45) is 45.8. The van der Waals surface area contributed by atoms with Gasteiger partial charge in [-0.1, -0.05) is 258 Å². The molecule has 1 aliphatic heterocycles. The zero-order valence-corrected chi connectivity index (χ0v) is 41.6. The van der Waals surface area contributed by atoms with Gasteiger partial charge in [0.25, 0.3) is 0 Å². The molecule has 0 radical (unpaired) electrons. The van der Waals surface area contributed by atoms with Crippen LogP contribution < -0.4 is 0 Å². The van der Waals surface area contributed by atoms with Gasteiger partial charge in [-0.3, -0.25) is 4.79 Å². The van der Waals surface area contributed by atoms with E-state index in [1.54, 1.807) is 0 Å². The van der Waals surface area contributed by atoms with Crippen molar-refractivity contribution in [3.8, 4) is 0 Å². The predicted molar refractivity (Wildman–Crippen MR) is 261 cm³/mol. The molecule has 4 N–H and O–H groups in total. The quantitative estimate of drug-likeness (QED) is 0.0348. The SMILES string of the molecule is CCCCCCCCCCCCCCCCCCCCCCCCCCOCC(COC1OC(CO)C(O)C(O)C1O)OC(=O)CCCCCCCCCCCCCCCCCC. The second-order valence-electron chi connectivity index (χ2n) is 19.4. The van der Waals surface area contributed by atoms with Crippen molar-refractivity contribution in [2.75, 3.05) is 26.4 Å². The van der Waals surface area contributed by atoms with Gasteiger partial charge in [0.05, 0.1) is 19.8 Å². The number of aliphatic hydroxyl groups excluding tert-OH is 4. The molecule has 1 fully saturated rings. The molecule has 1 heterocycles. The van der Waals surface area contributed by atoms with Gasteiger partial charge in [0.1, 0.15) is 30.5 Å². The average Bonchev–Trinajstić information content (AvgIpc) is 3.28. The number of unbranched alkanes of at least 4 members (excludes halogenated alkanes) is 38. The molecule has 0 amide bonds. The Labute approximate surface area is 389 Å². The van der Waals surface area contributed by atoms with Crippen LogP contribution in [0.4, 0.5) is 0 Å². The monoisotopic (exact) mass is 899 g/mol. The van der Waals surface area contributed by atoms with Crippen molar-refractivity contribution < 1.29 is 44.2 Å². The molecular formula is C54H106O9. The molecule has 376 valence electrons. The fourth-order valence-electron chi connectivity index (χ4n) is 8.97. The number of rotatable bonds is 49. The first kappa shape index (κ1) is 60.2. The molecule has 6 atom stereocenters. The summed E-state index contributed by atoms with van der Waals surface area (Å²) in [5, 5.41) is 40.3. The highest BCUT2D eigenvalue weighted by atomic mass is 16.7. The highest BCUT2D eigenvalue weighted by Gasteiger charge is 2.44. The standard InChI is InChI=1S/C54H106O9/c1-3-5-7-9-11-13-15-17-19-21-22-23-24-25-26-27-28-30-32-34-36-38-40-42-44-60-46-48(47-61-54-53(59)52(58)51(57)49(45-55)63-54)62-50(56)43-41-39-37-35-33-31-29-20-18-16-14-12-10-8-6-4-2/h48-49,51-55,57-59H,3-47H2,1-2H3. The summed E-state index contributed by atoms with van der Waals surface area (Å²) in [4.78, 5) is 12.8. The lowest BCUT2D eigenvalue weighted by Gasteiger charge is -2.39. The maximum Gasteiger partial charge on any atom is 0.306 e. The van der Waals surface area contributed by atoms with Crippen LogP contribution in [0.1, 0.15) is 277 Å². The predicted octanol–water partition coefficient (Wildman–Crippen LogP) is 13.8. The highest BCUT2D eigenvalue weighted by Crippen LogP contribution is 2.23. The summed E-state index contributed by atoms with van der Waals surface area (Å²) in [5.74, 6) is -0.304. The van der Waals surface area contributed by atoms with Crippen molar-refractivity contribution in [3.63, 3.8) is 0 Å². The van der Waals surface area contributed by atoms with Crippen LogP contribution in [0.5, 0.6) is 0 Å². The first-order valence-corrected chi connectivity index (χ1v) is 27.6. The Hall–Kier alpha value is -0.810. The third-order valence-electron chi connectivity index (χ3n) is 13.3. The van der Waals surface area contributed by atoms with Crippen LogP contribution >= 0.6 is 0 Å². The molecule has 9 nitrogen and oxygen atoms in total. The molecule has 1 saturated heterocycles. The lowest BCUT2D eigenvalue weighted by atomic mass is 9.99. The molecule has 0 bridgehead atoms. The molecule has 1 rings (SSSR count). The lowest BCUT2D eigenvalue weighted by molar-refractivity contribution is -0.305. The maximum atomic E-state index is 12.8. The average molecular weight is 899 g/mol. The third-order valence-corrected chi connectivity index (χ3v) is 13.3. The number of carbonyl (C=O) groups is 1. The number of aliphatic hydroxyl groups is 4. The van der Waals surface area contributed by atoms with E-state index in [1.807, 2.05) is 0 Å². The minimum absolute atomic E-state index is 0.104. The van der Waals surface area contributed by atoms with Crippen LogP contribution in [0, 0.1) is 0 Å². The Morgan fingerprint density at radius 3 is 1.13 bits per heavy atom. The first-order chi connectivity index (χ1) is 30.9. The maximum absolute atomic E-state index is 12.8. The van der Waals surface area contributed by atoms with Gasteiger partial charge < -0.3 is 39.4 Å². The van der Waals surface area contributed by atoms with Crippen molar-refractivity contribution in [1.29, 1.82) is 0 Å². The molecule has 6 unspecified atom stereocenters. The normalized spacial score (nSPS) is 19.5. The lowest BCUT2D eigenvalue weighted by Crippen LogP contribution is -2.59. The van der Waals surface area contributed by atoms with Crippen LogP contribution in [0.25, 0.3) is 0 Å². The number of carbonyl (C=O) groups excluding carboxylic acids is 1. The summed E-state index contributed by atoms with van der Waals surface area (Å²) >= 11 is 0. The van der Waals surface area contributed by atoms with Crippen LogP contribution in [-0.4, -0.2) is 89.6 Å². The van der Waals surface area contributed by atoms with E-state index < -0.39 is 43.4 Å². The van der Waals surface area contributed by atoms with Crippen molar-refractivity contribution in [3.05, 3.63) is 0 Å². The number of hydrogen-bond donors (Lipinski definition) is 4. The molecular weight excluding hydrogens is 793 g/mol. The van der Waals surface area contributed by atoms with Gasteiger partial charge in [-0.2, -0.15) is 0 Å². The van der Waals surface area contributed by atoms with Gasteiger partial charge in [-0.05, 0) is 12.8 Å². The summed E-state index contributed by atoms with van der Waals surface area (Å²) in [5.41, 5.74) is 0. The number of ether oxygens (including phenoxy) is 4. The molecule has 0 aromatic carbocycles. The largest absolute Gasteiger partial charge is 0.457 e. The molecule has 0 aliphatic carbocycles. The molecule has 63 heavy (non-hydrogen) atoms. The van der Waals surface area contributed by atoms with E-state index in [9.17, 15) is 25.2 Å². The van der Waals surface area contributed by atoms with Crippen LogP contribution in [0.3, 0.4) is 0 Å². The second-order valence-corrected chi connectivity index (χ2v) is 19.4. The smallest absolute Gasteiger partial charge is 0.306 e.